The Bertz CT molecular complexity index is 825. The molecule has 0 aliphatic carbocycles. The van der Waals surface area contributed by atoms with Crippen molar-refractivity contribution in [3.05, 3.63) is 53.0 Å². The summed E-state index contributed by atoms with van der Waals surface area (Å²) in [6, 6.07) is 7.73. The van der Waals surface area contributed by atoms with Crippen molar-refractivity contribution in [2.24, 2.45) is 0 Å². The number of rotatable bonds is 3. The molecule has 3 rings (SSSR count). The molecule has 0 fully saturated rings. The van der Waals surface area contributed by atoms with Crippen molar-refractivity contribution in [2.75, 3.05) is 18.9 Å². The standard InChI is InChI=1S/C18H20FN5O2/c1-11(25)24-8-7-15(14-4-3-13(19)9-12(14)10-24)21-17-6-5-16(22-23-17)18(26)20-2/h3-6,9,15H,7-8,10H2,1-2H3,(H,20,26)(H,21,23). The first-order valence-corrected chi connectivity index (χ1v) is 8.34. The van der Waals surface area contributed by atoms with Crippen LogP contribution in [0.2, 0.25) is 0 Å². The number of nitrogens with one attached hydrogen (secondary N) is 2. The Hall–Kier alpha value is -3.03. The molecule has 136 valence electrons. The molecule has 26 heavy (non-hydrogen) atoms. The fourth-order valence-corrected chi connectivity index (χ4v) is 3.03. The summed E-state index contributed by atoms with van der Waals surface area (Å²) in [6.07, 6.45) is 0.650. The Morgan fingerprint density at radius 2 is 2.04 bits per heavy atom. The number of carbonyl (C=O) groups is 2. The lowest BCUT2D eigenvalue weighted by molar-refractivity contribution is -0.129. The van der Waals surface area contributed by atoms with Gasteiger partial charge in [0.25, 0.3) is 5.91 Å². The molecule has 1 aromatic carbocycles. The SMILES string of the molecule is CNC(=O)c1ccc(NC2CCN(C(C)=O)Cc3cc(F)ccc32)nn1. The van der Waals surface area contributed by atoms with Gasteiger partial charge < -0.3 is 15.5 Å². The molecule has 0 bridgehead atoms. The molecule has 2 heterocycles. The van der Waals surface area contributed by atoms with Gasteiger partial charge in [0.15, 0.2) is 5.69 Å². The number of aromatic nitrogens is 2. The number of nitrogens with zero attached hydrogens (tertiary/aromatic N) is 3. The lowest BCUT2D eigenvalue weighted by atomic mass is 9.99. The molecule has 1 atom stereocenters. The maximum Gasteiger partial charge on any atom is 0.271 e. The molecule has 0 saturated heterocycles. The van der Waals surface area contributed by atoms with Crippen LogP contribution in [-0.4, -0.2) is 40.5 Å². The van der Waals surface area contributed by atoms with E-state index in [1.54, 1.807) is 23.1 Å². The first-order valence-electron chi connectivity index (χ1n) is 8.34. The third kappa shape index (κ3) is 3.79. The summed E-state index contributed by atoms with van der Waals surface area (Å²) in [5, 5.41) is 13.7. The van der Waals surface area contributed by atoms with E-state index in [1.807, 2.05) is 0 Å². The Morgan fingerprint density at radius 3 is 2.69 bits per heavy atom. The molecule has 1 aromatic heterocycles. The Kier molecular flexibility index (Phi) is 5.11. The molecular weight excluding hydrogens is 337 g/mol. The molecule has 2 N–H and O–H groups in total. The first-order chi connectivity index (χ1) is 12.5. The molecule has 1 aliphatic heterocycles. The molecular formula is C18H20FN5O2. The van der Waals surface area contributed by atoms with Crippen molar-refractivity contribution in [3.63, 3.8) is 0 Å². The number of fused-ring (bicyclic) bond motifs is 1. The monoisotopic (exact) mass is 357 g/mol. The molecule has 1 aliphatic rings. The van der Waals surface area contributed by atoms with Crippen LogP contribution < -0.4 is 10.6 Å². The molecule has 2 aromatic rings. The minimum Gasteiger partial charge on any atom is -0.362 e. The lowest BCUT2D eigenvalue weighted by Gasteiger charge is -2.19. The van der Waals surface area contributed by atoms with Gasteiger partial charge in [-0.15, -0.1) is 10.2 Å². The van der Waals surface area contributed by atoms with E-state index in [0.29, 0.717) is 25.3 Å². The van der Waals surface area contributed by atoms with E-state index in [0.717, 1.165) is 11.1 Å². The molecule has 8 heteroatoms. The summed E-state index contributed by atoms with van der Waals surface area (Å²) in [4.78, 5) is 25.0. The van der Waals surface area contributed by atoms with Crippen molar-refractivity contribution in [1.82, 2.24) is 20.4 Å². The van der Waals surface area contributed by atoms with Crippen molar-refractivity contribution in [1.29, 1.82) is 0 Å². The van der Waals surface area contributed by atoms with E-state index in [-0.39, 0.29) is 29.4 Å². The number of hydrogen-bond donors (Lipinski definition) is 2. The predicted octanol–water partition coefficient (Wildman–Crippen LogP) is 1.88. The number of amides is 2. The van der Waals surface area contributed by atoms with Crippen LogP contribution in [0.3, 0.4) is 0 Å². The maximum absolute atomic E-state index is 13.7. The smallest absolute Gasteiger partial charge is 0.271 e. The van der Waals surface area contributed by atoms with E-state index in [1.165, 1.54) is 26.1 Å². The fraction of sp³-hybridized carbons (Fsp3) is 0.333. The van der Waals surface area contributed by atoms with Crippen LogP contribution in [0.4, 0.5) is 10.2 Å². The third-order valence-corrected chi connectivity index (χ3v) is 4.42. The number of hydrogen-bond acceptors (Lipinski definition) is 5. The van der Waals surface area contributed by atoms with Gasteiger partial charge in [-0.05, 0) is 41.8 Å². The van der Waals surface area contributed by atoms with Crippen LogP contribution >= 0.6 is 0 Å². The summed E-state index contributed by atoms with van der Waals surface area (Å²) in [5.41, 5.74) is 1.92. The van der Waals surface area contributed by atoms with E-state index < -0.39 is 0 Å². The van der Waals surface area contributed by atoms with Crippen LogP contribution in [0.25, 0.3) is 0 Å². The highest BCUT2D eigenvalue weighted by Crippen LogP contribution is 2.30. The van der Waals surface area contributed by atoms with E-state index in [4.69, 9.17) is 0 Å². The van der Waals surface area contributed by atoms with Gasteiger partial charge in [-0.3, -0.25) is 9.59 Å². The highest BCUT2D eigenvalue weighted by Gasteiger charge is 2.24. The predicted molar refractivity (Wildman–Crippen MR) is 93.9 cm³/mol. The molecule has 0 saturated carbocycles. The van der Waals surface area contributed by atoms with Gasteiger partial charge >= 0.3 is 0 Å². The zero-order valence-corrected chi connectivity index (χ0v) is 14.6. The second-order valence-corrected chi connectivity index (χ2v) is 6.15. The highest BCUT2D eigenvalue weighted by molar-refractivity contribution is 5.91. The van der Waals surface area contributed by atoms with E-state index in [2.05, 4.69) is 20.8 Å². The Morgan fingerprint density at radius 1 is 1.23 bits per heavy atom. The zero-order chi connectivity index (χ0) is 18.7. The van der Waals surface area contributed by atoms with Crippen molar-refractivity contribution >= 4 is 17.6 Å². The number of carbonyl (C=O) groups excluding carboxylic acids is 2. The second kappa shape index (κ2) is 7.47. The average Bonchev–Trinajstić information content (AvgIpc) is 2.81. The summed E-state index contributed by atoms with van der Waals surface area (Å²) in [6.45, 7) is 2.44. The van der Waals surface area contributed by atoms with Crippen LogP contribution in [0.15, 0.2) is 30.3 Å². The van der Waals surface area contributed by atoms with Gasteiger partial charge in [-0.25, -0.2) is 4.39 Å². The van der Waals surface area contributed by atoms with E-state index >= 15 is 0 Å². The van der Waals surface area contributed by atoms with Gasteiger partial charge in [0.2, 0.25) is 5.91 Å². The Labute approximate surface area is 150 Å². The summed E-state index contributed by atoms with van der Waals surface area (Å²) < 4.78 is 13.7. The van der Waals surface area contributed by atoms with Crippen LogP contribution in [0.1, 0.15) is 41.0 Å². The van der Waals surface area contributed by atoms with Gasteiger partial charge in [-0.2, -0.15) is 0 Å². The third-order valence-electron chi connectivity index (χ3n) is 4.42. The number of benzene rings is 1. The fourth-order valence-electron chi connectivity index (χ4n) is 3.03. The van der Waals surface area contributed by atoms with E-state index in [9.17, 15) is 14.0 Å². The first kappa shape index (κ1) is 17.8. The minimum absolute atomic E-state index is 0.0458. The average molecular weight is 357 g/mol. The molecule has 1 unspecified atom stereocenters. The largest absolute Gasteiger partial charge is 0.362 e. The second-order valence-electron chi connectivity index (χ2n) is 6.15. The number of halogens is 1. The zero-order valence-electron chi connectivity index (χ0n) is 14.6. The van der Waals surface area contributed by atoms with Crippen LogP contribution in [0, 0.1) is 5.82 Å². The summed E-state index contributed by atoms with van der Waals surface area (Å²) in [7, 11) is 1.53. The molecule has 7 nitrogen and oxygen atoms in total. The van der Waals surface area contributed by atoms with Crippen molar-refractivity contribution in [3.8, 4) is 0 Å². The quantitative estimate of drug-likeness (QED) is 0.876. The number of anilines is 1. The minimum atomic E-state index is -0.331. The maximum atomic E-state index is 13.7. The van der Waals surface area contributed by atoms with Crippen LogP contribution in [-0.2, 0) is 11.3 Å². The van der Waals surface area contributed by atoms with Crippen molar-refractivity contribution < 1.29 is 14.0 Å². The molecule has 0 spiro atoms. The summed E-state index contributed by atoms with van der Waals surface area (Å²) >= 11 is 0. The van der Waals surface area contributed by atoms with Gasteiger partial charge in [-0.1, -0.05) is 6.07 Å². The normalized spacial score (nSPS) is 16.4. The van der Waals surface area contributed by atoms with Gasteiger partial charge in [0, 0.05) is 27.1 Å². The van der Waals surface area contributed by atoms with Crippen LogP contribution in [0.5, 0.6) is 0 Å². The molecule has 0 radical (unpaired) electrons. The molecule has 2 amide bonds. The lowest BCUT2D eigenvalue weighted by Crippen LogP contribution is -2.28. The summed E-state index contributed by atoms with van der Waals surface area (Å²) in [5.74, 6) is -0.177. The van der Waals surface area contributed by atoms with Crippen molar-refractivity contribution in [2.45, 2.75) is 25.9 Å². The van der Waals surface area contributed by atoms with Gasteiger partial charge in [0.05, 0.1) is 6.04 Å². The highest BCUT2D eigenvalue weighted by atomic mass is 19.1. The topological polar surface area (TPSA) is 87.2 Å². The van der Waals surface area contributed by atoms with Gasteiger partial charge in [0.1, 0.15) is 11.6 Å². The Balaban J connectivity index is 1.85.